The highest BCUT2D eigenvalue weighted by molar-refractivity contribution is 6.43. The molecule has 0 aliphatic rings. The van der Waals surface area contributed by atoms with Gasteiger partial charge in [-0.25, -0.2) is 4.79 Å². The van der Waals surface area contributed by atoms with Gasteiger partial charge in [0.25, 0.3) is 11.8 Å². The number of nitrogens with one attached hydrogen (secondary N) is 1. The van der Waals surface area contributed by atoms with Crippen molar-refractivity contribution in [2.75, 3.05) is 18.5 Å². The van der Waals surface area contributed by atoms with Crippen LogP contribution >= 0.6 is 34.8 Å². The van der Waals surface area contributed by atoms with E-state index >= 15 is 0 Å². The van der Waals surface area contributed by atoms with Crippen LogP contribution in [-0.2, 0) is 9.53 Å². The number of halogens is 3. The van der Waals surface area contributed by atoms with E-state index in [0.29, 0.717) is 0 Å². The van der Waals surface area contributed by atoms with Crippen LogP contribution in [0.15, 0.2) is 16.5 Å². The highest BCUT2D eigenvalue weighted by atomic mass is 35.5. The molecular weight excluding hydrogens is 435 g/mol. The smallest absolute Gasteiger partial charge is 0.342 e. The first-order chi connectivity index (χ1) is 13.1. The zero-order chi connectivity index (χ0) is 21.0. The highest BCUT2D eigenvalue weighted by Crippen LogP contribution is 2.34. The fourth-order valence-electron chi connectivity index (χ4n) is 2.24. The SMILES string of the molecule is CCOC(=O)c1c(C)oc(NC(=O)COc2cc(Cl)c(Cl)cc2Cl)c1C(N)=O. The first-order valence-corrected chi connectivity index (χ1v) is 8.96. The fraction of sp³-hybridized carbons (Fsp3) is 0.235. The Kier molecular flexibility index (Phi) is 7.17. The molecule has 2 aromatic rings. The molecule has 8 nitrogen and oxygen atoms in total. The Morgan fingerprint density at radius 2 is 1.75 bits per heavy atom. The van der Waals surface area contributed by atoms with Crippen molar-refractivity contribution in [2.24, 2.45) is 5.73 Å². The summed E-state index contributed by atoms with van der Waals surface area (Å²) in [5.74, 6) is -2.56. The zero-order valence-electron chi connectivity index (χ0n) is 14.7. The maximum atomic E-state index is 12.2. The van der Waals surface area contributed by atoms with E-state index < -0.39 is 24.4 Å². The number of furan rings is 1. The molecule has 0 radical (unpaired) electrons. The van der Waals surface area contributed by atoms with Gasteiger partial charge in [-0.1, -0.05) is 34.8 Å². The summed E-state index contributed by atoms with van der Waals surface area (Å²) < 4.78 is 15.5. The van der Waals surface area contributed by atoms with E-state index in [9.17, 15) is 14.4 Å². The molecule has 2 amide bonds. The van der Waals surface area contributed by atoms with Crippen molar-refractivity contribution < 1.29 is 28.3 Å². The van der Waals surface area contributed by atoms with E-state index in [1.807, 2.05) is 0 Å². The number of primary amides is 1. The van der Waals surface area contributed by atoms with Crippen LogP contribution in [0.25, 0.3) is 0 Å². The Balaban J connectivity index is 2.18. The number of carbonyl (C=O) groups excluding carboxylic acids is 3. The molecule has 150 valence electrons. The predicted molar refractivity (Wildman–Crippen MR) is 104 cm³/mol. The Bertz CT molecular complexity index is 941. The Morgan fingerprint density at radius 1 is 1.11 bits per heavy atom. The van der Waals surface area contributed by atoms with Gasteiger partial charge in [0.2, 0.25) is 5.88 Å². The van der Waals surface area contributed by atoms with Gasteiger partial charge in [-0.2, -0.15) is 0 Å². The lowest BCUT2D eigenvalue weighted by Gasteiger charge is -2.09. The van der Waals surface area contributed by atoms with Crippen molar-refractivity contribution in [2.45, 2.75) is 13.8 Å². The lowest BCUT2D eigenvalue weighted by atomic mass is 10.1. The maximum Gasteiger partial charge on any atom is 0.342 e. The van der Waals surface area contributed by atoms with E-state index in [2.05, 4.69) is 5.32 Å². The van der Waals surface area contributed by atoms with E-state index in [1.165, 1.54) is 19.1 Å². The number of ether oxygens (including phenoxy) is 2. The van der Waals surface area contributed by atoms with Crippen LogP contribution < -0.4 is 15.8 Å². The summed E-state index contributed by atoms with van der Waals surface area (Å²) in [5.41, 5.74) is 4.87. The van der Waals surface area contributed by atoms with E-state index in [4.69, 9.17) is 54.4 Å². The second kappa shape index (κ2) is 9.18. The molecular formula is C17H15Cl3N2O6. The highest BCUT2D eigenvalue weighted by Gasteiger charge is 2.29. The average molecular weight is 450 g/mol. The number of hydrogen-bond acceptors (Lipinski definition) is 6. The van der Waals surface area contributed by atoms with Crippen LogP contribution in [0.2, 0.25) is 15.1 Å². The predicted octanol–water partition coefficient (Wildman–Crippen LogP) is 3.84. The lowest BCUT2D eigenvalue weighted by molar-refractivity contribution is -0.118. The molecule has 28 heavy (non-hydrogen) atoms. The fourth-order valence-corrected chi connectivity index (χ4v) is 2.83. The number of aryl methyl sites for hydroxylation is 1. The minimum atomic E-state index is -0.969. The molecule has 0 unspecified atom stereocenters. The second-order valence-electron chi connectivity index (χ2n) is 5.36. The summed E-state index contributed by atoms with van der Waals surface area (Å²) in [5, 5.41) is 2.90. The van der Waals surface area contributed by atoms with Crippen LogP contribution in [-0.4, -0.2) is 31.0 Å². The molecule has 0 atom stereocenters. The first kappa shape index (κ1) is 21.9. The molecule has 0 saturated heterocycles. The van der Waals surface area contributed by atoms with Crippen LogP contribution in [0.1, 0.15) is 33.4 Å². The van der Waals surface area contributed by atoms with Crippen LogP contribution in [0.3, 0.4) is 0 Å². The van der Waals surface area contributed by atoms with Crippen molar-refractivity contribution in [3.05, 3.63) is 44.1 Å². The maximum absolute atomic E-state index is 12.2. The third kappa shape index (κ3) is 4.89. The van der Waals surface area contributed by atoms with Gasteiger partial charge in [-0.3, -0.25) is 14.9 Å². The molecule has 0 fully saturated rings. The Hall–Kier alpha value is -2.42. The number of carbonyl (C=O) groups is 3. The van der Waals surface area contributed by atoms with Gasteiger partial charge < -0.3 is 19.6 Å². The number of hydrogen-bond donors (Lipinski definition) is 2. The van der Waals surface area contributed by atoms with Crippen molar-refractivity contribution in [3.63, 3.8) is 0 Å². The molecule has 0 aliphatic carbocycles. The molecule has 3 N–H and O–H groups in total. The number of nitrogens with two attached hydrogens (primary N) is 1. The molecule has 0 saturated carbocycles. The Morgan fingerprint density at radius 3 is 2.36 bits per heavy atom. The summed E-state index contributed by atoms with van der Waals surface area (Å²) in [6.45, 7) is 2.62. The molecule has 11 heteroatoms. The molecule has 0 bridgehead atoms. The first-order valence-electron chi connectivity index (χ1n) is 7.83. The summed E-state index contributed by atoms with van der Waals surface area (Å²) in [6.07, 6.45) is 0. The number of rotatable bonds is 7. The summed E-state index contributed by atoms with van der Waals surface area (Å²) in [6, 6.07) is 2.72. The zero-order valence-corrected chi connectivity index (χ0v) is 17.0. The van der Waals surface area contributed by atoms with Gasteiger partial charge in [0.1, 0.15) is 22.6 Å². The third-order valence-electron chi connectivity index (χ3n) is 3.40. The molecule has 0 spiro atoms. The van der Waals surface area contributed by atoms with Crippen LogP contribution in [0.4, 0.5) is 5.88 Å². The van der Waals surface area contributed by atoms with Crippen LogP contribution in [0, 0.1) is 6.92 Å². The summed E-state index contributed by atoms with van der Waals surface area (Å²) in [7, 11) is 0. The Labute approximate surface area is 174 Å². The lowest BCUT2D eigenvalue weighted by Crippen LogP contribution is -2.23. The molecule has 1 heterocycles. The molecule has 1 aromatic carbocycles. The minimum absolute atomic E-state index is 0.0657. The average Bonchev–Trinajstić information content (AvgIpc) is 2.93. The van der Waals surface area contributed by atoms with Gasteiger partial charge in [-0.05, 0) is 19.9 Å². The van der Waals surface area contributed by atoms with Crippen molar-refractivity contribution in [3.8, 4) is 5.75 Å². The summed E-state index contributed by atoms with van der Waals surface area (Å²) in [4.78, 5) is 36.0. The van der Waals surface area contributed by atoms with Gasteiger partial charge >= 0.3 is 5.97 Å². The minimum Gasteiger partial charge on any atom is -0.482 e. The third-order valence-corrected chi connectivity index (χ3v) is 4.41. The quantitative estimate of drug-likeness (QED) is 0.489. The topological polar surface area (TPSA) is 121 Å². The van der Waals surface area contributed by atoms with Crippen molar-refractivity contribution in [1.29, 1.82) is 0 Å². The normalized spacial score (nSPS) is 10.5. The number of anilines is 1. The molecule has 1 aromatic heterocycles. The monoisotopic (exact) mass is 448 g/mol. The van der Waals surface area contributed by atoms with Gasteiger partial charge in [0.15, 0.2) is 6.61 Å². The standard InChI is InChI=1S/C17H15Cl3N2O6/c1-3-26-17(25)13-7(2)28-16(14(13)15(21)24)22-12(23)6-27-11-5-9(19)8(18)4-10(11)20/h4-5H,3,6H2,1-2H3,(H2,21,24)(H,22,23). The van der Waals surface area contributed by atoms with Crippen molar-refractivity contribution >= 4 is 58.5 Å². The number of esters is 1. The van der Waals surface area contributed by atoms with Crippen LogP contribution in [0.5, 0.6) is 5.75 Å². The van der Waals surface area contributed by atoms with Gasteiger partial charge in [-0.15, -0.1) is 0 Å². The van der Waals surface area contributed by atoms with Gasteiger partial charge in [0, 0.05) is 6.07 Å². The van der Waals surface area contributed by atoms with E-state index in [1.54, 1.807) is 6.92 Å². The summed E-state index contributed by atoms with van der Waals surface area (Å²) >= 11 is 17.7. The van der Waals surface area contributed by atoms with E-state index in [-0.39, 0.29) is 50.2 Å². The van der Waals surface area contributed by atoms with E-state index in [0.717, 1.165) is 0 Å². The second-order valence-corrected chi connectivity index (χ2v) is 6.58. The van der Waals surface area contributed by atoms with Gasteiger partial charge in [0.05, 0.1) is 21.7 Å². The number of amides is 2. The number of benzene rings is 1. The molecule has 2 rings (SSSR count). The van der Waals surface area contributed by atoms with Crippen molar-refractivity contribution in [1.82, 2.24) is 0 Å². The largest absolute Gasteiger partial charge is 0.482 e. The molecule has 0 aliphatic heterocycles.